The van der Waals surface area contributed by atoms with Crippen LogP contribution in [0.2, 0.25) is 0 Å². The highest BCUT2D eigenvalue weighted by Crippen LogP contribution is 2.27. The molecular weight excluding hydrogens is 256 g/mol. The zero-order chi connectivity index (χ0) is 14.0. The van der Waals surface area contributed by atoms with Crippen LogP contribution in [-0.4, -0.2) is 18.5 Å². The molecule has 3 atom stereocenters. The smallest absolute Gasteiger partial charge is 0.223 e. The molecule has 0 spiro atoms. The number of hydrogen-bond acceptors (Lipinski definition) is 3. The standard InChI is InChI=1S/C15H24N2OS/c1-9-7-13(5-6-16-9)15(18)17-11(3)14-8-10(2)19-12(14)4/h8-9,11,13,16H,5-7H2,1-4H3,(H,17,18)/t9-,11?,13-/m0/s1. The van der Waals surface area contributed by atoms with Gasteiger partial charge in [-0.3, -0.25) is 4.79 Å². The molecule has 19 heavy (non-hydrogen) atoms. The molecule has 2 N–H and O–H groups in total. The molecule has 4 heteroatoms. The maximum Gasteiger partial charge on any atom is 0.223 e. The van der Waals surface area contributed by atoms with E-state index in [0.717, 1.165) is 19.4 Å². The first kappa shape index (κ1) is 14.5. The van der Waals surface area contributed by atoms with E-state index < -0.39 is 0 Å². The van der Waals surface area contributed by atoms with Crippen molar-refractivity contribution in [3.63, 3.8) is 0 Å². The first-order valence-corrected chi connectivity index (χ1v) is 7.89. The summed E-state index contributed by atoms with van der Waals surface area (Å²) in [5.41, 5.74) is 1.26. The van der Waals surface area contributed by atoms with Gasteiger partial charge in [0.05, 0.1) is 6.04 Å². The van der Waals surface area contributed by atoms with Gasteiger partial charge in [0.1, 0.15) is 0 Å². The third kappa shape index (κ3) is 3.57. The van der Waals surface area contributed by atoms with Gasteiger partial charge in [0.25, 0.3) is 0 Å². The zero-order valence-electron chi connectivity index (χ0n) is 12.2. The predicted molar refractivity (Wildman–Crippen MR) is 80.5 cm³/mol. The van der Waals surface area contributed by atoms with Crippen molar-refractivity contribution in [2.45, 2.75) is 52.6 Å². The van der Waals surface area contributed by atoms with Gasteiger partial charge in [-0.2, -0.15) is 0 Å². The van der Waals surface area contributed by atoms with E-state index in [4.69, 9.17) is 0 Å². The van der Waals surface area contributed by atoms with Gasteiger partial charge in [0.15, 0.2) is 0 Å². The maximum atomic E-state index is 12.3. The van der Waals surface area contributed by atoms with E-state index >= 15 is 0 Å². The molecule has 1 unspecified atom stereocenters. The molecule has 1 aliphatic heterocycles. The van der Waals surface area contributed by atoms with Crippen molar-refractivity contribution in [2.24, 2.45) is 5.92 Å². The van der Waals surface area contributed by atoms with E-state index in [9.17, 15) is 4.79 Å². The molecule has 1 amide bonds. The van der Waals surface area contributed by atoms with Crippen LogP contribution in [-0.2, 0) is 4.79 Å². The van der Waals surface area contributed by atoms with E-state index in [-0.39, 0.29) is 17.9 Å². The zero-order valence-corrected chi connectivity index (χ0v) is 13.1. The van der Waals surface area contributed by atoms with Crippen LogP contribution < -0.4 is 10.6 Å². The molecule has 3 nitrogen and oxygen atoms in total. The quantitative estimate of drug-likeness (QED) is 0.894. The molecule has 1 saturated heterocycles. The van der Waals surface area contributed by atoms with Crippen LogP contribution in [0, 0.1) is 19.8 Å². The van der Waals surface area contributed by atoms with E-state index in [1.165, 1.54) is 15.3 Å². The molecule has 0 saturated carbocycles. The van der Waals surface area contributed by atoms with Gasteiger partial charge < -0.3 is 10.6 Å². The number of carbonyl (C=O) groups excluding carboxylic acids is 1. The lowest BCUT2D eigenvalue weighted by Crippen LogP contribution is -2.43. The van der Waals surface area contributed by atoms with Crippen LogP contribution in [0.25, 0.3) is 0 Å². The third-order valence-electron chi connectivity index (χ3n) is 3.90. The first-order valence-electron chi connectivity index (χ1n) is 7.08. The van der Waals surface area contributed by atoms with E-state index in [0.29, 0.717) is 6.04 Å². The number of nitrogens with one attached hydrogen (secondary N) is 2. The Morgan fingerprint density at radius 2 is 2.26 bits per heavy atom. The summed E-state index contributed by atoms with van der Waals surface area (Å²) >= 11 is 1.80. The molecule has 106 valence electrons. The molecule has 0 radical (unpaired) electrons. The van der Waals surface area contributed by atoms with E-state index in [2.05, 4.69) is 44.4 Å². The number of thiophene rings is 1. The number of carbonyl (C=O) groups is 1. The predicted octanol–water partition coefficient (Wildman–Crippen LogP) is 2.93. The van der Waals surface area contributed by atoms with Crippen LogP contribution in [0.3, 0.4) is 0 Å². The summed E-state index contributed by atoms with van der Waals surface area (Å²) in [6.45, 7) is 9.42. The highest BCUT2D eigenvalue weighted by Gasteiger charge is 2.26. The minimum atomic E-state index is 0.114. The van der Waals surface area contributed by atoms with Gasteiger partial charge in [0.2, 0.25) is 5.91 Å². The topological polar surface area (TPSA) is 41.1 Å². The second-order valence-corrected chi connectivity index (χ2v) is 7.14. The first-order chi connectivity index (χ1) is 8.97. The molecular formula is C15H24N2OS. The Morgan fingerprint density at radius 1 is 1.53 bits per heavy atom. The summed E-state index contributed by atoms with van der Waals surface area (Å²) in [6, 6.07) is 2.75. The fraction of sp³-hybridized carbons (Fsp3) is 0.667. The maximum absolute atomic E-state index is 12.3. The second-order valence-electron chi connectivity index (χ2n) is 5.68. The minimum Gasteiger partial charge on any atom is -0.349 e. The molecule has 0 bridgehead atoms. The Hall–Kier alpha value is -0.870. The van der Waals surface area contributed by atoms with Gasteiger partial charge in [0, 0.05) is 21.7 Å². The average molecular weight is 280 g/mol. The molecule has 1 aromatic heterocycles. The van der Waals surface area contributed by atoms with Crippen molar-refractivity contribution in [3.8, 4) is 0 Å². The molecule has 0 aromatic carbocycles. The van der Waals surface area contributed by atoms with Crippen LogP contribution in [0.4, 0.5) is 0 Å². The summed E-state index contributed by atoms with van der Waals surface area (Å²) in [5, 5.41) is 6.57. The van der Waals surface area contributed by atoms with Crippen LogP contribution in [0.15, 0.2) is 6.07 Å². The lowest BCUT2D eigenvalue weighted by atomic mass is 9.92. The number of piperidine rings is 1. The number of aryl methyl sites for hydroxylation is 2. The van der Waals surface area contributed by atoms with Crippen molar-refractivity contribution in [1.82, 2.24) is 10.6 Å². The largest absolute Gasteiger partial charge is 0.349 e. The Bertz CT molecular complexity index is 455. The van der Waals surface area contributed by atoms with Gasteiger partial charge >= 0.3 is 0 Å². The van der Waals surface area contributed by atoms with Crippen molar-refractivity contribution in [2.75, 3.05) is 6.54 Å². The molecule has 2 heterocycles. The fourth-order valence-corrected chi connectivity index (χ4v) is 3.88. The van der Waals surface area contributed by atoms with E-state index in [1.54, 1.807) is 11.3 Å². The SMILES string of the molecule is Cc1cc(C(C)NC(=O)[C@H]2CCN[C@@H](C)C2)c(C)s1. The fourth-order valence-electron chi connectivity index (χ4n) is 2.86. The number of hydrogen-bond donors (Lipinski definition) is 2. The lowest BCUT2D eigenvalue weighted by Gasteiger charge is -2.28. The van der Waals surface area contributed by atoms with Crippen molar-refractivity contribution < 1.29 is 4.79 Å². The monoisotopic (exact) mass is 280 g/mol. The number of amides is 1. The van der Waals surface area contributed by atoms with Crippen molar-refractivity contribution in [3.05, 3.63) is 21.4 Å². The van der Waals surface area contributed by atoms with Crippen LogP contribution >= 0.6 is 11.3 Å². The highest BCUT2D eigenvalue weighted by molar-refractivity contribution is 7.12. The molecule has 2 rings (SSSR count). The summed E-state index contributed by atoms with van der Waals surface area (Å²) in [6.07, 6.45) is 1.89. The second kappa shape index (κ2) is 6.06. The summed E-state index contributed by atoms with van der Waals surface area (Å²) < 4.78 is 0. The summed E-state index contributed by atoms with van der Waals surface area (Å²) in [7, 11) is 0. The Labute approximate surface area is 119 Å². The van der Waals surface area contributed by atoms with Gasteiger partial charge in [-0.1, -0.05) is 0 Å². The minimum absolute atomic E-state index is 0.114. The van der Waals surface area contributed by atoms with Gasteiger partial charge in [-0.05, 0) is 58.7 Å². The summed E-state index contributed by atoms with van der Waals surface area (Å²) in [5.74, 6) is 0.378. The molecule has 1 aromatic rings. The van der Waals surface area contributed by atoms with E-state index in [1.807, 2.05) is 0 Å². The van der Waals surface area contributed by atoms with Crippen molar-refractivity contribution >= 4 is 17.2 Å². The van der Waals surface area contributed by atoms with Gasteiger partial charge in [-0.25, -0.2) is 0 Å². The van der Waals surface area contributed by atoms with Crippen molar-refractivity contribution in [1.29, 1.82) is 0 Å². The Kier molecular flexibility index (Phi) is 4.63. The number of rotatable bonds is 3. The normalized spacial score (nSPS) is 25.1. The Morgan fingerprint density at radius 3 is 2.84 bits per heavy atom. The third-order valence-corrected chi connectivity index (χ3v) is 4.88. The van der Waals surface area contributed by atoms with Crippen LogP contribution in [0.1, 0.15) is 48.0 Å². The highest BCUT2D eigenvalue weighted by atomic mass is 32.1. The molecule has 0 aliphatic carbocycles. The summed E-state index contributed by atoms with van der Waals surface area (Å²) in [4.78, 5) is 14.9. The average Bonchev–Trinajstić information content (AvgIpc) is 2.68. The molecule has 1 aliphatic rings. The lowest BCUT2D eigenvalue weighted by molar-refractivity contribution is -0.126. The van der Waals surface area contributed by atoms with Gasteiger partial charge in [-0.15, -0.1) is 11.3 Å². The Balaban J connectivity index is 1.96. The van der Waals surface area contributed by atoms with Crippen LogP contribution in [0.5, 0.6) is 0 Å². The molecule has 1 fully saturated rings.